The number of ether oxygens (including phenoxy) is 3. The van der Waals surface area contributed by atoms with E-state index in [9.17, 15) is 9.59 Å². The Morgan fingerprint density at radius 2 is 1.80 bits per heavy atom. The summed E-state index contributed by atoms with van der Waals surface area (Å²) in [6.07, 6.45) is 1.72. The van der Waals surface area contributed by atoms with Crippen molar-refractivity contribution < 1.29 is 23.8 Å². The molecule has 1 unspecified atom stereocenters. The minimum atomic E-state index is -0.918. The number of hydrogen-bond acceptors (Lipinski definition) is 6. The number of halogens is 1. The van der Waals surface area contributed by atoms with E-state index >= 15 is 0 Å². The first kappa shape index (κ1) is 19.0. The molecule has 1 saturated carbocycles. The van der Waals surface area contributed by atoms with E-state index in [1.165, 1.54) is 6.92 Å². The lowest BCUT2D eigenvalue weighted by atomic mass is 9.82. The van der Waals surface area contributed by atoms with Gasteiger partial charge in [-0.2, -0.15) is 0 Å². The molecule has 6 nitrogen and oxygen atoms in total. The minimum absolute atomic E-state index is 0. The predicted octanol–water partition coefficient (Wildman–Crippen LogP) is 2.24. The van der Waals surface area contributed by atoms with Crippen molar-refractivity contribution in [2.75, 3.05) is 13.2 Å². The van der Waals surface area contributed by atoms with Crippen LogP contribution < -0.4 is 5.73 Å². The summed E-state index contributed by atoms with van der Waals surface area (Å²) in [5.74, 6) is 0.0839. The van der Waals surface area contributed by atoms with Crippen molar-refractivity contribution in [3.05, 3.63) is 0 Å². The lowest BCUT2D eigenvalue weighted by molar-refractivity contribution is -0.174. The van der Waals surface area contributed by atoms with Crippen molar-refractivity contribution in [3.8, 4) is 0 Å². The molecule has 1 atom stereocenters. The lowest BCUT2D eigenvalue weighted by Crippen LogP contribution is -2.30. The largest absolute Gasteiger partial charge is 0.511 e. The van der Waals surface area contributed by atoms with Crippen molar-refractivity contribution in [1.29, 1.82) is 0 Å². The maximum Gasteiger partial charge on any atom is 0.511 e. The maximum absolute atomic E-state index is 11.9. The summed E-state index contributed by atoms with van der Waals surface area (Å²) in [7, 11) is 0. The Bertz CT molecular complexity index is 305. The Morgan fingerprint density at radius 1 is 1.20 bits per heavy atom. The third-order valence-electron chi connectivity index (χ3n) is 3.32. The van der Waals surface area contributed by atoms with Gasteiger partial charge in [-0.15, -0.1) is 12.4 Å². The molecular weight excluding hydrogens is 286 g/mol. The lowest BCUT2D eigenvalue weighted by Gasteiger charge is -2.26. The molecule has 0 aromatic carbocycles. The van der Waals surface area contributed by atoms with Gasteiger partial charge in [-0.1, -0.05) is 0 Å². The standard InChI is InChI=1S/C13H23NO5.ClH/c1-3-17-13(16)19-9(2)18-12(15)11-6-4-10(8-14)5-7-11;/h9-11H,3-8,14H2,1-2H3;1H/t9?,10-,11-;. The molecule has 0 aromatic rings. The molecule has 0 aromatic heterocycles. The predicted molar refractivity (Wildman–Crippen MR) is 75.4 cm³/mol. The van der Waals surface area contributed by atoms with Crippen LogP contribution in [0.4, 0.5) is 4.79 Å². The van der Waals surface area contributed by atoms with E-state index in [1.54, 1.807) is 6.92 Å². The van der Waals surface area contributed by atoms with Crippen LogP contribution in [0, 0.1) is 11.8 Å². The van der Waals surface area contributed by atoms with Crippen molar-refractivity contribution in [1.82, 2.24) is 0 Å². The Labute approximate surface area is 125 Å². The smallest absolute Gasteiger partial charge is 0.435 e. The van der Waals surface area contributed by atoms with Crippen LogP contribution in [-0.2, 0) is 19.0 Å². The van der Waals surface area contributed by atoms with Gasteiger partial charge in [0, 0.05) is 6.92 Å². The molecule has 0 bridgehead atoms. The molecule has 1 rings (SSSR count). The van der Waals surface area contributed by atoms with Gasteiger partial charge in [0.25, 0.3) is 0 Å². The second-order valence-electron chi connectivity index (χ2n) is 4.76. The van der Waals surface area contributed by atoms with Crippen LogP contribution >= 0.6 is 12.4 Å². The van der Waals surface area contributed by atoms with Gasteiger partial charge >= 0.3 is 12.1 Å². The van der Waals surface area contributed by atoms with Gasteiger partial charge in [-0.3, -0.25) is 4.79 Å². The average Bonchev–Trinajstić information content (AvgIpc) is 2.38. The summed E-state index contributed by atoms with van der Waals surface area (Å²) in [5, 5.41) is 0. The first-order valence-electron chi connectivity index (χ1n) is 6.80. The normalized spacial score (nSPS) is 23.1. The van der Waals surface area contributed by atoms with Crippen LogP contribution in [0.2, 0.25) is 0 Å². The van der Waals surface area contributed by atoms with Gasteiger partial charge < -0.3 is 19.9 Å². The number of hydrogen-bond donors (Lipinski definition) is 1. The Kier molecular flexibility index (Phi) is 9.33. The molecule has 1 aliphatic rings. The van der Waals surface area contributed by atoms with Gasteiger partial charge in [0.15, 0.2) is 0 Å². The molecule has 0 radical (unpaired) electrons. The number of carbonyl (C=O) groups excluding carboxylic acids is 2. The summed E-state index contributed by atoms with van der Waals surface area (Å²) >= 11 is 0. The Hall–Kier alpha value is -1.01. The molecular formula is C13H24ClNO5. The highest BCUT2D eigenvalue weighted by molar-refractivity contribution is 5.85. The molecule has 0 amide bonds. The summed E-state index contributed by atoms with van der Waals surface area (Å²) in [5.41, 5.74) is 5.60. The summed E-state index contributed by atoms with van der Waals surface area (Å²) < 4.78 is 14.5. The fraction of sp³-hybridized carbons (Fsp3) is 0.846. The molecule has 2 N–H and O–H groups in total. The topological polar surface area (TPSA) is 87.9 Å². The van der Waals surface area contributed by atoms with Crippen LogP contribution in [0.15, 0.2) is 0 Å². The van der Waals surface area contributed by atoms with E-state index in [4.69, 9.17) is 15.2 Å². The van der Waals surface area contributed by atoms with Crippen molar-refractivity contribution in [2.45, 2.75) is 45.8 Å². The second-order valence-corrected chi connectivity index (χ2v) is 4.76. The quantitative estimate of drug-likeness (QED) is 0.619. The molecule has 1 fully saturated rings. The van der Waals surface area contributed by atoms with Crippen LogP contribution in [0.5, 0.6) is 0 Å². The average molecular weight is 310 g/mol. The summed E-state index contributed by atoms with van der Waals surface area (Å²) in [6, 6.07) is 0. The van der Waals surface area contributed by atoms with E-state index in [1.807, 2.05) is 0 Å². The highest BCUT2D eigenvalue weighted by Gasteiger charge is 2.28. The number of rotatable bonds is 5. The van der Waals surface area contributed by atoms with Crippen molar-refractivity contribution >= 4 is 24.5 Å². The van der Waals surface area contributed by atoms with Crippen LogP contribution in [0.1, 0.15) is 39.5 Å². The zero-order valence-corrected chi connectivity index (χ0v) is 12.8. The van der Waals surface area contributed by atoms with E-state index in [0.717, 1.165) is 25.7 Å². The van der Waals surface area contributed by atoms with E-state index < -0.39 is 12.4 Å². The maximum atomic E-state index is 11.9. The van der Waals surface area contributed by atoms with Gasteiger partial charge in [-0.25, -0.2) is 4.79 Å². The zero-order chi connectivity index (χ0) is 14.3. The Morgan fingerprint density at radius 3 is 2.30 bits per heavy atom. The highest BCUT2D eigenvalue weighted by Crippen LogP contribution is 2.29. The Balaban J connectivity index is 0.00000361. The first-order chi connectivity index (χ1) is 9.06. The molecule has 0 saturated heterocycles. The van der Waals surface area contributed by atoms with Crippen LogP contribution in [0.25, 0.3) is 0 Å². The minimum Gasteiger partial charge on any atom is -0.435 e. The SMILES string of the molecule is CCOC(=O)OC(C)OC(=O)[C@H]1CC[C@H](CN)CC1.Cl. The monoisotopic (exact) mass is 309 g/mol. The zero-order valence-electron chi connectivity index (χ0n) is 12.0. The van der Waals surface area contributed by atoms with E-state index in [2.05, 4.69) is 4.74 Å². The summed E-state index contributed by atoms with van der Waals surface area (Å²) in [6.45, 7) is 4.07. The number of carbonyl (C=O) groups is 2. The third-order valence-corrected chi connectivity index (χ3v) is 3.32. The van der Waals surface area contributed by atoms with Gasteiger partial charge in [0.2, 0.25) is 6.29 Å². The molecule has 0 spiro atoms. The third kappa shape index (κ3) is 6.43. The fourth-order valence-electron chi connectivity index (χ4n) is 2.21. The molecule has 1 aliphatic carbocycles. The molecule has 0 aliphatic heterocycles. The van der Waals surface area contributed by atoms with E-state index in [-0.39, 0.29) is 30.9 Å². The fourth-order valence-corrected chi connectivity index (χ4v) is 2.21. The first-order valence-corrected chi connectivity index (χ1v) is 6.80. The van der Waals surface area contributed by atoms with Crippen LogP contribution in [0.3, 0.4) is 0 Å². The summed E-state index contributed by atoms with van der Waals surface area (Å²) in [4.78, 5) is 22.9. The van der Waals surface area contributed by atoms with E-state index in [0.29, 0.717) is 12.5 Å². The number of nitrogens with two attached hydrogens (primary N) is 1. The van der Waals surface area contributed by atoms with Gasteiger partial charge in [-0.05, 0) is 45.1 Å². The van der Waals surface area contributed by atoms with Crippen molar-refractivity contribution in [2.24, 2.45) is 17.6 Å². The van der Waals surface area contributed by atoms with Gasteiger partial charge in [0.05, 0.1) is 12.5 Å². The van der Waals surface area contributed by atoms with Crippen LogP contribution in [-0.4, -0.2) is 31.6 Å². The number of esters is 1. The molecule has 7 heteroatoms. The highest BCUT2D eigenvalue weighted by atomic mass is 35.5. The molecule has 20 heavy (non-hydrogen) atoms. The van der Waals surface area contributed by atoms with Crippen molar-refractivity contribution in [3.63, 3.8) is 0 Å². The second kappa shape index (κ2) is 9.83. The molecule has 118 valence electrons. The van der Waals surface area contributed by atoms with Gasteiger partial charge in [0.1, 0.15) is 0 Å². The molecule has 0 heterocycles.